The first-order valence-electron chi connectivity index (χ1n) is 9.80. The molecule has 0 bridgehead atoms. The van der Waals surface area contributed by atoms with Gasteiger partial charge in [-0.05, 0) is 11.6 Å². The van der Waals surface area contributed by atoms with Crippen LogP contribution < -0.4 is 10.9 Å². The maximum absolute atomic E-state index is 12.8. The van der Waals surface area contributed by atoms with E-state index in [9.17, 15) is 20.0 Å². The van der Waals surface area contributed by atoms with Gasteiger partial charge < -0.3 is 19.4 Å². The summed E-state index contributed by atoms with van der Waals surface area (Å²) < 4.78 is 11.0. The quantitative estimate of drug-likeness (QED) is 0.453. The molecule has 4 rings (SSSR count). The van der Waals surface area contributed by atoms with Crippen LogP contribution in [0.4, 0.5) is 5.69 Å². The maximum Gasteiger partial charge on any atom is 0.296 e. The van der Waals surface area contributed by atoms with Crippen LogP contribution in [0.25, 0.3) is 0 Å². The lowest BCUT2D eigenvalue weighted by atomic mass is 9.82. The van der Waals surface area contributed by atoms with Gasteiger partial charge in [0.25, 0.3) is 11.5 Å². The molecule has 0 radical (unpaired) electrons. The van der Waals surface area contributed by atoms with Crippen LogP contribution in [0.1, 0.15) is 51.9 Å². The number of hydrogen-bond donors (Lipinski definition) is 2. The molecule has 1 aromatic carbocycles. The molecule has 3 aromatic heterocycles. The van der Waals surface area contributed by atoms with E-state index in [1.807, 2.05) is 0 Å². The van der Waals surface area contributed by atoms with E-state index < -0.39 is 34.7 Å². The molecule has 0 aliphatic rings. The highest BCUT2D eigenvalue weighted by atomic mass is 16.5. The molecule has 11 nitrogen and oxygen atoms in total. The normalized spacial score (nSPS) is 12.6. The lowest BCUT2D eigenvalue weighted by molar-refractivity contribution is 0.101. The first kappa shape index (κ1) is 21.5. The monoisotopic (exact) mass is 446 g/mol. The SMILES string of the molecule is C[C@H](c1nc(C(=O)Nc2cnoc2)c(O)c(=O)n1C)[C@H](c1cocn1)c1ccccc1C#N. The van der Waals surface area contributed by atoms with E-state index in [0.29, 0.717) is 16.8 Å². The van der Waals surface area contributed by atoms with Gasteiger partial charge in [0.2, 0.25) is 5.75 Å². The molecule has 0 aliphatic carbocycles. The van der Waals surface area contributed by atoms with Crippen molar-refractivity contribution in [3.05, 3.63) is 88.1 Å². The number of carbonyl (C=O) groups excluding carboxylic acids is 1. The first-order chi connectivity index (χ1) is 15.9. The molecule has 1 amide bonds. The highest BCUT2D eigenvalue weighted by Crippen LogP contribution is 2.38. The van der Waals surface area contributed by atoms with E-state index in [-0.39, 0.29) is 11.5 Å². The van der Waals surface area contributed by atoms with E-state index in [4.69, 9.17) is 4.42 Å². The minimum Gasteiger partial charge on any atom is -0.501 e. The van der Waals surface area contributed by atoms with Crippen molar-refractivity contribution in [2.75, 3.05) is 5.32 Å². The van der Waals surface area contributed by atoms with Crippen LogP contribution in [-0.2, 0) is 7.05 Å². The third kappa shape index (κ3) is 3.97. The number of aromatic nitrogens is 4. The Morgan fingerprint density at radius 2 is 2.09 bits per heavy atom. The highest BCUT2D eigenvalue weighted by Gasteiger charge is 2.32. The van der Waals surface area contributed by atoms with Crippen LogP contribution in [0.15, 0.2) is 63.1 Å². The average molecular weight is 446 g/mol. The minimum absolute atomic E-state index is 0.203. The van der Waals surface area contributed by atoms with Gasteiger partial charge in [-0.15, -0.1) is 0 Å². The third-order valence-corrected chi connectivity index (χ3v) is 5.30. The Labute approximate surface area is 186 Å². The van der Waals surface area contributed by atoms with Crippen molar-refractivity contribution in [2.24, 2.45) is 7.05 Å². The van der Waals surface area contributed by atoms with Crippen molar-refractivity contribution < 1.29 is 18.8 Å². The zero-order chi connectivity index (χ0) is 23.5. The molecule has 0 saturated carbocycles. The fraction of sp³-hybridized carbons (Fsp3) is 0.182. The van der Waals surface area contributed by atoms with Crippen molar-refractivity contribution in [3.8, 4) is 11.8 Å². The fourth-order valence-electron chi connectivity index (χ4n) is 3.71. The number of nitriles is 1. The molecule has 0 fully saturated rings. The van der Waals surface area contributed by atoms with E-state index in [1.54, 1.807) is 31.2 Å². The number of benzene rings is 1. The summed E-state index contributed by atoms with van der Waals surface area (Å²) in [6.45, 7) is 1.79. The Morgan fingerprint density at radius 3 is 2.76 bits per heavy atom. The third-order valence-electron chi connectivity index (χ3n) is 5.30. The summed E-state index contributed by atoms with van der Waals surface area (Å²) in [4.78, 5) is 34.1. The summed E-state index contributed by atoms with van der Waals surface area (Å²) in [6, 6.07) is 9.16. The van der Waals surface area contributed by atoms with Crippen LogP contribution in [-0.4, -0.2) is 30.7 Å². The summed E-state index contributed by atoms with van der Waals surface area (Å²) in [5, 5.41) is 25.9. The molecule has 11 heteroatoms. The van der Waals surface area contributed by atoms with Gasteiger partial charge in [0.15, 0.2) is 12.1 Å². The fourth-order valence-corrected chi connectivity index (χ4v) is 3.71. The first-order valence-corrected chi connectivity index (χ1v) is 9.80. The Morgan fingerprint density at radius 1 is 1.30 bits per heavy atom. The number of oxazole rings is 1. The van der Waals surface area contributed by atoms with Crippen LogP contribution in [0.3, 0.4) is 0 Å². The zero-order valence-corrected chi connectivity index (χ0v) is 17.6. The second kappa shape index (κ2) is 8.80. The number of aromatic hydroxyl groups is 1. The van der Waals surface area contributed by atoms with Gasteiger partial charge in [-0.25, -0.2) is 9.97 Å². The Bertz CT molecular complexity index is 1390. The molecule has 2 atom stereocenters. The van der Waals surface area contributed by atoms with Crippen molar-refractivity contribution in [2.45, 2.75) is 18.8 Å². The maximum atomic E-state index is 12.8. The van der Waals surface area contributed by atoms with E-state index in [1.165, 1.54) is 32.2 Å². The van der Waals surface area contributed by atoms with Crippen LogP contribution >= 0.6 is 0 Å². The number of nitrogens with zero attached hydrogens (tertiary/aromatic N) is 5. The number of rotatable bonds is 6. The standard InChI is InChI=1S/C22H18N6O5/c1-12(17(16-10-32-11-24-16)15-6-4-3-5-13(15)7-23)20-27-18(19(29)22(31)28(20)2)21(30)26-14-8-25-33-9-14/h3-6,8-12,17,29H,1-2H3,(H,26,30)/t12-,17-/m0/s1. The van der Waals surface area contributed by atoms with Crippen molar-refractivity contribution >= 4 is 11.6 Å². The van der Waals surface area contributed by atoms with Crippen LogP contribution in [0.5, 0.6) is 5.75 Å². The van der Waals surface area contributed by atoms with Gasteiger partial charge in [0, 0.05) is 18.9 Å². The summed E-state index contributed by atoms with van der Waals surface area (Å²) >= 11 is 0. The average Bonchev–Trinajstić information content (AvgIpc) is 3.53. The van der Waals surface area contributed by atoms with Crippen molar-refractivity contribution in [1.82, 2.24) is 19.7 Å². The van der Waals surface area contributed by atoms with Crippen LogP contribution in [0, 0.1) is 11.3 Å². The predicted octanol–water partition coefficient (Wildman–Crippen LogP) is 2.52. The smallest absolute Gasteiger partial charge is 0.296 e. The molecular formula is C22H18N6O5. The van der Waals surface area contributed by atoms with Crippen molar-refractivity contribution in [3.63, 3.8) is 0 Å². The largest absolute Gasteiger partial charge is 0.501 e. The molecule has 0 unspecified atom stereocenters. The minimum atomic E-state index is -0.808. The lowest BCUT2D eigenvalue weighted by Gasteiger charge is -2.25. The predicted molar refractivity (Wildman–Crippen MR) is 114 cm³/mol. The number of carbonyl (C=O) groups is 1. The molecule has 0 saturated heterocycles. The summed E-state index contributed by atoms with van der Waals surface area (Å²) in [6.07, 6.45) is 5.18. The molecule has 4 aromatic rings. The molecular weight excluding hydrogens is 428 g/mol. The Kier molecular flexibility index (Phi) is 5.73. The lowest BCUT2D eigenvalue weighted by Crippen LogP contribution is -2.29. The highest BCUT2D eigenvalue weighted by molar-refractivity contribution is 6.04. The van der Waals surface area contributed by atoms with Crippen molar-refractivity contribution in [1.29, 1.82) is 5.26 Å². The molecule has 166 valence electrons. The topological polar surface area (TPSA) is 160 Å². The van der Waals surface area contributed by atoms with Gasteiger partial charge >= 0.3 is 0 Å². The molecule has 0 aliphatic heterocycles. The molecule has 0 spiro atoms. The summed E-state index contributed by atoms with van der Waals surface area (Å²) in [5.41, 5.74) is 0.581. The zero-order valence-electron chi connectivity index (χ0n) is 17.6. The van der Waals surface area contributed by atoms with Crippen LogP contribution in [0.2, 0.25) is 0 Å². The number of amides is 1. The van der Waals surface area contributed by atoms with Gasteiger partial charge in [0.1, 0.15) is 24.0 Å². The number of hydrogen-bond acceptors (Lipinski definition) is 9. The second-order valence-corrected chi connectivity index (χ2v) is 7.28. The molecule has 2 N–H and O–H groups in total. The summed E-state index contributed by atoms with van der Waals surface area (Å²) in [5.74, 6) is -2.48. The van der Waals surface area contributed by atoms with Gasteiger partial charge in [0.05, 0.1) is 23.5 Å². The van der Waals surface area contributed by atoms with Gasteiger partial charge in [-0.2, -0.15) is 5.26 Å². The van der Waals surface area contributed by atoms with E-state index in [0.717, 1.165) is 4.57 Å². The van der Waals surface area contributed by atoms with Gasteiger partial charge in [-0.3, -0.25) is 14.2 Å². The molecule has 33 heavy (non-hydrogen) atoms. The second-order valence-electron chi connectivity index (χ2n) is 7.28. The number of anilines is 1. The van der Waals surface area contributed by atoms with E-state index >= 15 is 0 Å². The molecule has 3 heterocycles. The number of nitrogens with one attached hydrogen (secondary N) is 1. The Hall–Kier alpha value is -4.72. The Balaban J connectivity index is 1.84. The van der Waals surface area contributed by atoms with E-state index in [2.05, 4.69) is 31.0 Å². The summed E-state index contributed by atoms with van der Waals surface area (Å²) in [7, 11) is 1.44. The van der Waals surface area contributed by atoms with Gasteiger partial charge in [-0.1, -0.05) is 30.3 Å².